The second-order valence-electron chi connectivity index (χ2n) is 7.20. The average Bonchev–Trinajstić information content (AvgIpc) is 2.72. The van der Waals surface area contributed by atoms with Crippen LogP contribution in [-0.4, -0.2) is 39.3 Å². The zero-order valence-corrected chi connectivity index (χ0v) is 15.8. The van der Waals surface area contributed by atoms with Crippen LogP contribution in [0.1, 0.15) is 41.5 Å². The van der Waals surface area contributed by atoms with Crippen LogP contribution >= 0.6 is 0 Å². The van der Waals surface area contributed by atoms with Crippen LogP contribution < -0.4 is 14.2 Å². The second kappa shape index (κ2) is 7.20. The maximum atomic E-state index is 5.56. The number of piperidine rings is 1. The van der Waals surface area contributed by atoms with E-state index in [0.717, 1.165) is 43.2 Å². The Hall–Kier alpha value is -2.20. The van der Waals surface area contributed by atoms with Crippen molar-refractivity contribution < 1.29 is 14.2 Å². The van der Waals surface area contributed by atoms with Crippen LogP contribution in [0.4, 0.5) is 0 Å². The van der Waals surface area contributed by atoms with E-state index in [1.54, 1.807) is 21.3 Å². The van der Waals surface area contributed by atoms with Crippen LogP contribution in [0.5, 0.6) is 17.2 Å². The third kappa shape index (κ3) is 3.03. The van der Waals surface area contributed by atoms with E-state index in [-0.39, 0.29) is 0 Å². The van der Waals surface area contributed by atoms with Crippen LogP contribution in [0.25, 0.3) is 0 Å². The van der Waals surface area contributed by atoms with Crippen molar-refractivity contribution >= 4 is 0 Å². The molecule has 4 heteroatoms. The summed E-state index contributed by atoms with van der Waals surface area (Å²) in [4.78, 5) is 2.63. The molecule has 0 bridgehead atoms. The Morgan fingerprint density at radius 3 is 2.31 bits per heavy atom. The van der Waals surface area contributed by atoms with E-state index in [0.29, 0.717) is 12.0 Å². The van der Waals surface area contributed by atoms with Crippen molar-refractivity contribution in [1.82, 2.24) is 4.90 Å². The number of benzene rings is 2. The molecule has 2 unspecified atom stereocenters. The lowest BCUT2D eigenvalue weighted by Gasteiger charge is -2.44. The standard InChI is InChI=1S/C22H27NO3/c1-24-18-6-4-15(5-7-18)16-8-10-23-11-9-17-13-21(25-2)22(26-3)14-19(17)20(23)12-16/h4-7,13-14,16,20H,8-12H2,1-3H3. The summed E-state index contributed by atoms with van der Waals surface area (Å²) < 4.78 is 16.4. The number of fused-ring (bicyclic) bond motifs is 3. The highest BCUT2D eigenvalue weighted by Gasteiger charge is 2.34. The Kier molecular flexibility index (Phi) is 4.77. The molecule has 2 aromatic rings. The molecule has 26 heavy (non-hydrogen) atoms. The van der Waals surface area contributed by atoms with Crippen molar-refractivity contribution in [3.05, 3.63) is 53.1 Å². The van der Waals surface area contributed by atoms with E-state index in [4.69, 9.17) is 14.2 Å². The van der Waals surface area contributed by atoms with E-state index < -0.39 is 0 Å². The molecule has 0 saturated carbocycles. The highest BCUT2D eigenvalue weighted by Crippen LogP contribution is 2.45. The first-order chi connectivity index (χ1) is 12.7. The van der Waals surface area contributed by atoms with Gasteiger partial charge < -0.3 is 14.2 Å². The van der Waals surface area contributed by atoms with Gasteiger partial charge in [-0.05, 0) is 72.7 Å². The van der Waals surface area contributed by atoms with Crippen LogP contribution in [-0.2, 0) is 6.42 Å². The average molecular weight is 353 g/mol. The third-order valence-corrected chi connectivity index (χ3v) is 5.97. The van der Waals surface area contributed by atoms with Gasteiger partial charge in [0.1, 0.15) is 5.75 Å². The molecular weight excluding hydrogens is 326 g/mol. The minimum atomic E-state index is 0.458. The first kappa shape index (κ1) is 17.2. The molecule has 2 aliphatic heterocycles. The number of ether oxygens (including phenoxy) is 3. The summed E-state index contributed by atoms with van der Waals surface area (Å²) in [5.74, 6) is 3.18. The van der Waals surface area contributed by atoms with Gasteiger partial charge in [-0.25, -0.2) is 0 Å². The number of nitrogens with zero attached hydrogens (tertiary/aromatic N) is 1. The van der Waals surface area contributed by atoms with Crippen LogP contribution in [0.15, 0.2) is 36.4 Å². The molecule has 138 valence electrons. The Morgan fingerprint density at radius 1 is 0.885 bits per heavy atom. The summed E-state index contributed by atoms with van der Waals surface area (Å²) >= 11 is 0. The maximum absolute atomic E-state index is 5.56. The fraction of sp³-hybridized carbons (Fsp3) is 0.455. The van der Waals surface area contributed by atoms with Gasteiger partial charge in [0, 0.05) is 12.6 Å². The van der Waals surface area contributed by atoms with Crippen LogP contribution in [0.3, 0.4) is 0 Å². The van der Waals surface area contributed by atoms with E-state index >= 15 is 0 Å². The van der Waals surface area contributed by atoms with Crippen molar-refractivity contribution in [2.75, 3.05) is 34.4 Å². The fourth-order valence-electron chi connectivity index (χ4n) is 4.51. The number of methoxy groups -OCH3 is 3. The zero-order chi connectivity index (χ0) is 18.1. The molecule has 1 fully saturated rings. The topological polar surface area (TPSA) is 30.9 Å². The molecule has 2 aromatic carbocycles. The van der Waals surface area contributed by atoms with Gasteiger partial charge in [0.05, 0.1) is 21.3 Å². The fourth-order valence-corrected chi connectivity index (χ4v) is 4.51. The van der Waals surface area contributed by atoms with Gasteiger partial charge in [-0.1, -0.05) is 12.1 Å². The van der Waals surface area contributed by atoms with E-state index in [1.807, 2.05) is 0 Å². The highest BCUT2D eigenvalue weighted by molar-refractivity contribution is 5.49. The molecular formula is C22H27NO3. The SMILES string of the molecule is COc1ccc(C2CCN3CCc4cc(OC)c(OC)cc4C3C2)cc1. The predicted octanol–water partition coefficient (Wildman–Crippen LogP) is 4.19. The second-order valence-corrected chi connectivity index (χ2v) is 7.20. The smallest absolute Gasteiger partial charge is 0.161 e. The molecule has 2 aliphatic rings. The Morgan fingerprint density at radius 2 is 1.62 bits per heavy atom. The summed E-state index contributed by atoms with van der Waals surface area (Å²) in [6, 6.07) is 13.4. The van der Waals surface area contributed by atoms with Gasteiger partial charge >= 0.3 is 0 Å². The van der Waals surface area contributed by atoms with Crippen molar-refractivity contribution in [3.63, 3.8) is 0 Å². The van der Waals surface area contributed by atoms with E-state index in [2.05, 4.69) is 41.3 Å². The monoisotopic (exact) mass is 353 g/mol. The number of hydrogen-bond donors (Lipinski definition) is 0. The summed E-state index contributed by atoms with van der Waals surface area (Å²) in [5, 5.41) is 0. The molecule has 0 spiro atoms. The largest absolute Gasteiger partial charge is 0.497 e. The van der Waals surface area contributed by atoms with Crippen molar-refractivity contribution in [3.8, 4) is 17.2 Å². The van der Waals surface area contributed by atoms with Gasteiger partial charge in [-0.3, -0.25) is 4.90 Å². The number of hydrogen-bond acceptors (Lipinski definition) is 4. The van der Waals surface area contributed by atoms with Crippen molar-refractivity contribution in [2.45, 2.75) is 31.2 Å². The Labute approximate surface area is 155 Å². The zero-order valence-electron chi connectivity index (χ0n) is 15.8. The molecule has 1 saturated heterocycles. The van der Waals surface area contributed by atoms with Gasteiger partial charge in [-0.15, -0.1) is 0 Å². The number of rotatable bonds is 4. The molecule has 0 N–H and O–H groups in total. The first-order valence-electron chi connectivity index (χ1n) is 9.36. The summed E-state index contributed by atoms with van der Waals surface area (Å²) in [5.41, 5.74) is 4.23. The normalized spacial score (nSPS) is 22.3. The molecule has 0 amide bonds. The minimum absolute atomic E-state index is 0.458. The summed E-state index contributed by atoms with van der Waals surface area (Å²) in [7, 11) is 5.14. The molecule has 0 aromatic heterocycles. The first-order valence-corrected chi connectivity index (χ1v) is 9.36. The van der Waals surface area contributed by atoms with E-state index in [1.165, 1.54) is 23.1 Å². The predicted molar refractivity (Wildman–Crippen MR) is 103 cm³/mol. The summed E-state index contributed by atoms with van der Waals surface area (Å²) in [6.07, 6.45) is 3.44. The molecule has 2 atom stereocenters. The lowest BCUT2D eigenvalue weighted by Crippen LogP contribution is -2.40. The van der Waals surface area contributed by atoms with Crippen molar-refractivity contribution in [2.24, 2.45) is 0 Å². The highest BCUT2D eigenvalue weighted by atomic mass is 16.5. The van der Waals surface area contributed by atoms with Gasteiger partial charge in [0.2, 0.25) is 0 Å². The Balaban J connectivity index is 1.63. The Bertz CT molecular complexity index is 772. The lowest BCUT2D eigenvalue weighted by molar-refractivity contribution is 0.125. The molecule has 4 nitrogen and oxygen atoms in total. The van der Waals surface area contributed by atoms with Crippen molar-refractivity contribution in [1.29, 1.82) is 0 Å². The quantitative estimate of drug-likeness (QED) is 0.825. The molecule has 4 rings (SSSR count). The van der Waals surface area contributed by atoms with E-state index in [9.17, 15) is 0 Å². The summed E-state index contributed by atoms with van der Waals surface area (Å²) in [6.45, 7) is 2.28. The van der Waals surface area contributed by atoms with Gasteiger partial charge in [0.25, 0.3) is 0 Å². The molecule has 2 heterocycles. The molecule has 0 radical (unpaired) electrons. The molecule has 0 aliphatic carbocycles. The minimum Gasteiger partial charge on any atom is -0.497 e. The van der Waals surface area contributed by atoms with Gasteiger partial charge in [0.15, 0.2) is 11.5 Å². The third-order valence-electron chi connectivity index (χ3n) is 5.97. The van der Waals surface area contributed by atoms with Crippen LogP contribution in [0.2, 0.25) is 0 Å². The maximum Gasteiger partial charge on any atom is 0.161 e. The van der Waals surface area contributed by atoms with Crippen LogP contribution in [0, 0.1) is 0 Å². The van der Waals surface area contributed by atoms with Gasteiger partial charge in [-0.2, -0.15) is 0 Å². The lowest BCUT2D eigenvalue weighted by atomic mass is 9.79.